The fraction of sp³-hybridized carbons (Fsp3) is 0.200. The van der Waals surface area contributed by atoms with E-state index in [1.807, 2.05) is 0 Å². The molecular weight excluding hydrogens is 348 g/mol. The summed E-state index contributed by atoms with van der Waals surface area (Å²) < 4.78 is 21.2. The van der Waals surface area contributed by atoms with Crippen molar-refractivity contribution in [1.29, 1.82) is 0 Å². The maximum absolute atomic E-state index is 12.2. The van der Waals surface area contributed by atoms with E-state index in [0.717, 1.165) is 11.3 Å². The Labute approximate surface area is 156 Å². The lowest BCUT2D eigenvalue weighted by Crippen LogP contribution is -2.22. The minimum Gasteiger partial charge on any atom is -0.497 e. The van der Waals surface area contributed by atoms with Crippen LogP contribution in [0.4, 0.5) is 0 Å². The summed E-state index contributed by atoms with van der Waals surface area (Å²) in [6.07, 6.45) is 1.63. The summed E-state index contributed by atoms with van der Waals surface area (Å²) in [4.78, 5) is 16.4. The van der Waals surface area contributed by atoms with Crippen LogP contribution in [-0.2, 0) is 17.9 Å². The molecule has 0 aliphatic heterocycles. The first-order valence-corrected chi connectivity index (χ1v) is 8.30. The molecule has 140 valence electrons. The number of rotatable bonds is 8. The maximum atomic E-state index is 12.2. The number of benzene rings is 1. The lowest BCUT2D eigenvalue weighted by atomic mass is 10.2. The van der Waals surface area contributed by atoms with Crippen LogP contribution in [0.1, 0.15) is 21.9 Å². The van der Waals surface area contributed by atoms with E-state index in [-0.39, 0.29) is 11.7 Å². The molecule has 7 nitrogen and oxygen atoms in total. The summed E-state index contributed by atoms with van der Waals surface area (Å²) in [6.45, 7) is 0.643. The van der Waals surface area contributed by atoms with Gasteiger partial charge in [0.05, 0.1) is 7.11 Å². The lowest BCUT2D eigenvalue weighted by molar-refractivity contribution is 0.0914. The average Bonchev–Trinajstić information content (AvgIpc) is 3.16. The molecule has 2 heterocycles. The number of pyridine rings is 1. The van der Waals surface area contributed by atoms with Gasteiger partial charge in [0.2, 0.25) is 5.88 Å². The average molecular weight is 368 g/mol. The number of nitrogens with zero attached hydrogens (tertiary/aromatic N) is 1. The van der Waals surface area contributed by atoms with Gasteiger partial charge in [-0.15, -0.1) is 0 Å². The van der Waals surface area contributed by atoms with E-state index in [1.165, 1.54) is 0 Å². The molecular formula is C20H20N2O5. The fourth-order valence-electron chi connectivity index (χ4n) is 2.37. The molecule has 3 aromatic rings. The van der Waals surface area contributed by atoms with E-state index in [2.05, 4.69) is 10.3 Å². The molecule has 27 heavy (non-hydrogen) atoms. The van der Waals surface area contributed by atoms with Crippen LogP contribution in [0.15, 0.2) is 59.1 Å². The molecule has 2 aromatic heterocycles. The van der Waals surface area contributed by atoms with Gasteiger partial charge < -0.3 is 23.9 Å². The highest BCUT2D eigenvalue weighted by Gasteiger charge is 2.11. The van der Waals surface area contributed by atoms with Crippen molar-refractivity contribution in [3.05, 3.63) is 71.8 Å². The molecule has 0 saturated heterocycles. The summed E-state index contributed by atoms with van der Waals surface area (Å²) in [5.41, 5.74) is 0.852. The number of carbonyl (C=O) groups is 1. The Balaban J connectivity index is 1.58. The Morgan fingerprint density at radius 1 is 1.07 bits per heavy atom. The Kier molecular flexibility index (Phi) is 6.06. The van der Waals surface area contributed by atoms with Crippen LogP contribution in [0.25, 0.3) is 0 Å². The van der Waals surface area contributed by atoms with Crippen molar-refractivity contribution in [3.63, 3.8) is 0 Å². The first-order valence-electron chi connectivity index (χ1n) is 8.30. The highest BCUT2D eigenvalue weighted by Crippen LogP contribution is 2.22. The van der Waals surface area contributed by atoms with Crippen molar-refractivity contribution in [1.82, 2.24) is 10.3 Å². The Morgan fingerprint density at radius 2 is 1.85 bits per heavy atom. The van der Waals surface area contributed by atoms with E-state index >= 15 is 0 Å². The van der Waals surface area contributed by atoms with Crippen molar-refractivity contribution in [2.75, 3.05) is 14.2 Å². The zero-order chi connectivity index (χ0) is 19.1. The third kappa shape index (κ3) is 5.08. The van der Waals surface area contributed by atoms with Crippen molar-refractivity contribution < 1.29 is 23.4 Å². The van der Waals surface area contributed by atoms with Gasteiger partial charge in [-0.05, 0) is 48.0 Å². The standard InChI is InChI=1S/C20H20N2O5/c1-24-13-17-7-8-18(26-17)20(23)22-12-14-9-10-21-19(11-14)27-16-5-3-15(25-2)4-6-16/h3-11H,12-13H2,1-2H3,(H,22,23). The van der Waals surface area contributed by atoms with Crippen molar-refractivity contribution in [2.45, 2.75) is 13.2 Å². The molecule has 1 aromatic carbocycles. The van der Waals surface area contributed by atoms with Crippen LogP contribution in [0, 0.1) is 0 Å². The number of carbonyl (C=O) groups excluding carboxylic acids is 1. The van der Waals surface area contributed by atoms with Crippen LogP contribution in [0.5, 0.6) is 17.4 Å². The number of nitrogens with one attached hydrogen (secondary N) is 1. The predicted octanol–water partition coefficient (Wildman–Crippen LogP) is 3.55. The molecule has 0 spiro atoms. The molecule has 1 amide bonds. The van der Waals surface area contributed by atoms with Gasteiger partial charge in [-0.25, -0.2) is 4.98 Å². The minimum atomic E-state index is -0.299. The van der Waals surface area contributed by atoms with Crippen LogP contribution < -0.4 is 14.8 Å². The lowest BCUT2D eigenvalue weighted by Gasteiger charge is -2.08. The molecule has 0 bridgehead atoms. The van der Waals surface area contributed by atoms with Crippen LogP contribution in [0.3, 0.4) is 0 Å². The monoisotopic (exact) mass is 368 g/mol. The predicted molar refractivity (Wildman–Crippen MR) is 97.9 cm³/mol. The van der Waals surface area contributed by atoms with E-state index in [1.54, 1.807) is 68.9 Å². The van der Waals surface area contributed by atoms with Gasteiger partial charge in [-0.2, -0.15) is 0 Å². The molecule has 0 unspecified atom stereocenters. The smallest absolute Gasteiger partial charge is 0.287 e. The highest BCUT2D eigenvalue weighted by atomic mass is 16.5. The molecule has 0 radical (unpaired) electrons. The Hall–Kier alpha value is -3.32. The molecule has 1 N–H and O–H groups in total. The number of hydrogen-bond acceptors (Lipinski definition) is 6. The largest absolute Gasteiger partial charge is 0.497 e. The second-order valence-corrected chi connectivity index (χ2v) is 5.66. The molecule has 7 heteroatoms. The summed E-state index contributed by atoms with van der Waals surface area (Å²) in [7, 11) is 3.17. The molecule has 0 fully saturated rings. The second kappa shape index (κ2) is 8.86. The van der Waals surface area contributed by atoms with Crippen molar-refractivity contribution in [3.8, 4) is 17.4 Å². The molecule has 3 rings (SSSR count). The van der Waals surface area contributed by atoms with Gasteiger partial charge in [0.15, 0.2) is 5.76 Å². The molecule has 0 aliphatic rings. The molecule has 0 aliphatic carbocycles. The van der Waals surface area contributed by atoms with Crippen LogP contribution in [-0.4, -0.2) is 25.1 Å². The number of methoxy groups -OCH3 is 2. The molecule has 0 atom stereocenters. The third-order valence-electron chi connectivity index (χ3n) is 3.71. The minimum absolute atomic E-state index is 0.241. The number of furan rings is 1. The van der Waals surface area contributed by atoms with Gasteiger partial charge in [0.1, 0.15) is 23.9 Å². The zero-order valence-electron chi connectivity index (χ0n) is 15.1. The number of amides is 1. The van der Waals surface area contributed by atoms with E-state index in [4.69, 9.17) is 18.6 Å². The summed E-state index contributed by atoms with van der Waals surface area (Å²) in [6, 6.07) is 14.1. The normalized spacial score (nSPS) is 10.4. The van der Waals surface area contributed by atoms with Gasteiger partial charge in [0, 0.05) is 25.9 Å². The van der Waals surface area contributed by atoms with E-state index in [0.29, 0.717) is 30.5 Å². The number of aromatic nitrogens is 1. The van der Waals surface area contributed by atoms with Crippen LogP contribution >= 0.6 is 0 Å². The van der Waals surface area contributed by atoms with Crippen LogP contribution in [0.2, 0.25) is 0 Å². The molecule has 0 saturated carbocycles. The van der Waals surface area contributed by atoms with Crippen molar-refractivity contribution in [2.24, 2.45) is 0 Å². The highest BCUT2D eigenvalue weighted by molar-refractivity contribution is 5.91. The number of hydrogen-bond donors (Lipinski definition) is 1. The Bertz CT molecular complexity index is 889. The maximum Gasteiger partial charge on any atom is 0.287 e. The third-order valence-corrected chi connectivity index (χ3v) is 3.71. The quantitative estimate of drug-likeness (QED) is 0.655. The van der Waals surface area contributed by atoms with Gasteiger partial charge >= 0.3 is 0 Å². The SMILES string of the molecule is COCc1ccc(C(=O)NCc2ccnc(Oc3ccc(OC)cc3)c2)o1. The zero-order valence-corrected chi connectivity index (χ0v) is 15.1. The van der Waals surface area contributed by atoms with E-state index in [9.17, 15) is 4.79 Å². The summed E-state index contributed by atoms with van der Waals surface area (Å²) in [5.74, 6) is 2.37. The van der Waals surface area contributed by atoms with Gasteiger partial charge in [-0.3, -0.25) is 4.79 Å². The fourth-order valence-corrected chi connectivity index (χ4v) is 2.37. The van der Waals surface area contributed by atoms with Crippen molar-refractivity contribution >= 4 is 5.91 Å². The topological polar surface area (TPSA) is 82.8 Å². The summed E-state index contributed by atoms with van der Waals surface area (Å²) >= 11 is 0. The second-order valence-electron chi connectivity index (χ2n) is 5.66. The first-order chi connectivity index (χ1) is 13.2. The van der Waals surface area contributed by atoms with Gasteiger partial charge in [0.25, 0.3) is 5.91 Å². The van der Waals surface area contributed by atoms with E-state index < -0.39 is 0 Å². The summed E-state index contributed by atoms with van der Waals surface area (Å²) in [5, 5.41) is 2.80. The van der Waals surface area contributed by atoms with Gasteiger partial charge in [-0.1, -0.05) is 0 Å². The Morgan fingerprint density at radius 3 is 2.59 bits per heavy atom. The number of ether oxygens (including phenoxy) is 3. The first kappa shape index (κ1) is 18.5.